The molecule has 19 heavy (non-hydrogen) atoms. The van der Waals surface area contributed by atoms with Gasteiger partial charge in [-0.2, -0.15) is 5.06 Å². The molecule has 2 unspecified atom stereocenters. The first-order valence-corrected chi connectivity index (χ1v) is 7.82. The molecule has 1 heterocycles. The van der Waals surface area contributed by atoms with Gasteiger partial charge in [-0.15, -0.1) is 0 Å². The zero-order valence-corrected chi connectivity index (χ0v) is 11.7. The van der Waals surface area contributed by atoms with Gasteiger partial charge >= 0.3 is 0 Å². The van der Waals surface area contributed by atoms with E-state index in [0.717, 1.165) is 31.3 Å². The average molecular weight is 259 g/mol. The predicted octanol–water partition coefficient (Wildman–Crippen LogP) is 3.67. The minimum absolute atomic E-state index is 0.718. The van der Waals surface area contributed by atoms with Crippen LogP contribution in [-0.4, -0.2) is 23.4 Å². The third-order valence-corrected chi connectivity index (χ3v) is 4.93. The summed E-state index contributed by atoms with van der Waals surface area (Å²) in [5, 5.41) is 11.1. The van der Waals surface area contributed by atoms with E-state index >= 15 is 0 Å². The Morgan fingerprint density at radius 1 is 1.05 bits per heavy atom. The van der Waals surface area contributed by atoms with Crippen molar-refractivity contribution in [2.24, 2.45) is 11.8 Å². The number of hydrogen-bond acceptors (Lipinski definition) is 2. The Balaban J connectivity index is 1.49. The monoisotopic (exact) mass is 259 g/mol. The first-order chi connectivity index (χ1) is 9.31. The van der Waals surface area contributed by atoms with Crippen LogP contribution in [0.1, 0.15) is 43.2 Å². The van der Waals surface area contributed by atoms with E-state index in [9.17, 15) is 5.21 Å². The molecule has 1 N–H and O–H groups in total. The summed E-state index contributed by atoms with van der Waals surface area (Å²) in [6.45, 7) is 1.76. The van der Waals surface area contributed by atoms with Crippen molar-refractivity contribution >= 4 is 0 Å². The van der Waals surface area contributed by atoms with E-state index in [2.05, 4.69) is 24.3 Å². The standard InChI is InChI=1S/C17H25NO/c19-18-11-3-4-15(13-18)8-7-14-9-10-16-5-1-2-6-17(16)12-14/h1-2,5-6,14-15,19H,3-4,7-13H2. The van der Waals surface area contributed by atoms with Crippen molar-refractivity contribution in [2.75, 3.05) is 13.1 Å². The largest absolute Gasteiger partial charge is 0.314 e. The Bertz CT molecular complexity index is 417. The van der Waals surface area contributed by atoms with Crippen LogP contribution in [0, 0.1) is 11.8 Å². The summed E-state index contributed by atoms with van der Waals surface area (Å²) in [6.07, 6.45) is 8.99. The van der Waals surface area contributed by atoms with Crippen LogP contribution >= 0.6 is 0 Å². The van der Waals surface area contributed by atoms with E-state index in [1.807, 2.05) is 0 Å². The summed E-state index contributed by atoms with van der Waals surface area (Å²) < 4.78 is 0. The fraction of sp³-hybridized carbons (Fsp3) is 0.647. The molecule has 0 spiro atoms. The summed E-state index contributed by atoms with van der Waals surface area (Å²) in [6, 6.07) is 8.93. The van der Waals surface area contributed by atoms with E-state index in [1.165, 1.54) is 43.6 Å². The Hall–Kier alpha value is -0.860. The summed E-state index contributed by atoms with van der Waals surface area (Å²) in [4.78, 5) is 0. The van der Waals surface area contributed by atoms with E-state index in [4.69, 9.17) is 0 Å². The first kappa shape index (κ1) is 13.1. The Labute approximate surface area is 116 Å². The van der Waals surface area contributed by atoms with Crippen LogP contribution < -0.4 is 0 Å². The number of nitrogens with zero attached hydrogens (tertiary/aromatic N) is 1. The van der Waals surface area contributed by atoms with Gasteiger partial charge in [0.25, 0.3) is 0 Å². The number of fused-ring (bicyclic) bond motifs is 1. The molecule has 2 nitrogen and oxygen atoms in total. The van der Waals surface area contributed by atoms with Gasteiger partial charge in [0, 0.05) is 13.1 Å². The molecule has 2 atom stereocenters. The second-order valence-corrected chi connectivity index (χ2v) is 6.38. The molecular weight excluding hydrogens is 234 g/mol. The Morgan fingerprint density at radius 2 is 1.84 bits per heavy atom. The van der Waals surface area contributed by atoms with Gasteiger partial charge in [-0.05, 0) is 67.9 Å². The van der Waals surface area contributed by atoms with Crippen LogP contribution in [0.2, 0.25) is 0 Å². The van der Waals surface area contributed by atoms with Crippen LogP contribution in [0.25, 0.3) is 0 Å². The lowest BCUT2D eigenvalue weighted by molar-refractivity contribution is -0.118. The number of hydroxylamine groups is 2. The maximum atomic E-state index is 9.58. The van der Waals surface area contributed by atoms with Gasteiger partial charge in [-0.1, -0.05) is 24.3 Å². The predicted molar refractivity (Wildman–Crippen MR) is 77.3 cm³/mol. The van der Waals surface area contributed by atoms with Gasteiger partial charge in [-0.3, -0.25) is 0 Å². The highest BCUT2D eigenvalue weighted by Crippen LogP contribution is 2.30. The van der Waals surface area contributed by atoms with Crippen LogP contribution in [0.4, 0.5) is 0 Å². The highest BCUT2D eigenvalue weighted by molar-refractivity contribution is 5.29. The fourth-order valence-electron chi connectivity index (χ4n) is 3.77. The highest BCUT2D eigenvalue weighted by atomic mass is 16.5. The minimum atomic E-state index is 0.718. The van der Waals surface area contributed by atoms with Gasteiger partial charge in [0.05, 0.1) is 0 Å². The fourth-order valence-corrected chi connectivity index (χ4v) is 3.77. The summed E-state index contributed by atoms with van der Waals surface area (Å²) in [7, 11) is 0. The van der Waals surface area contributed by atoms with Crippen molar-refractivity contribution in [2.45, 2.75) is 44.9 Å². The lowest BCUT2D eigenvalue weighted by atomic mass is 9.80. The second kappa shape index (κ2) is 6.06. The Kier molecular flexibility index (Phi) is 4.19. The van der Waals surface area contributed by atoms with Gasteiger partial charge in [0.15, 0.2) is 0 Å². The molecule has 2 heteroatoms. The van der Waals surface area contributed by atoms with Crippen LogP contribution in [0.3, 0.4) is 0 Å². The number of rotatable bonds is 3. The normalized spacial score (nSPS) is 28.1. The van der Waals surface area contributed by atoms with Crippen LogP contribution in [-0.2, 0) is 12.8 Å². The summed E-state index contributed by atoms with van der Waals surface area (Å²) in [5.41, 5.74) is 3.14. The molecule has 1 aromatic carbocycles. The maximum Gasteiger partial charge on any atom is 0.0266 e. The molecular formula is C17H25NO. The number of aryl methyl sites for hydroxylation is 1. The van der Waals surface area contributed by atoms with E-state index in [-0.39, 0.29) is 0 Å². The third kappa shape index (κ3) is 3.37. The average Bonchev–Trinajstić information content (AvgIpc) is 2.45. The smallest absolute Gasteiger partial charge is 0.0266 e. The van der Waals surface area contributed by atoms with Crippen molar-refractivity contribution in [1.82, 2.24) is 5.06 Å². The minimum Gasteiger partial charge on any atom is -0.314 e. The van der Waals surface area contributed by atoms with Gasteiger partial charge in [0.2, 0.25) is 0 Å². The number of hydrogen-bond donors (Lipinski definition) is 1. The van der Waals surface area contributed by atoms with E-state index in [1.54, 1.807) is 11.1 Å². The van der Waals surface area contributed by atoms with Crippen molar-refractivity contribution in [3.8, 4) is 0 Å². The summed E-state index contributed by atoms with van der Waals surface area (Å²) in [5.74, 6) is 1.58. The quantitative estimate of drug-likeness (QED) is 0.895. The molecule has 1 aliphatic carbocycles. The van der Waals surface area contributed by atoms with Gasteiger partial charge in [0.1, 0.15) is 0 Å². The molecule has 0 radical (unpaired) electrons. The van der Waals surface area contributed by atoms with Crippen LogP contribution in [0.15, 0.2) is 24.3 Å². The molecule has 1 aromatic rings. The lowest BCUT2D eigenvalue weighted by Crippen LogP contribution is -2.32. The number of piperidine rings is 1. The molecule has 0 saturated carbocycles. The van der Waals surface area contributed by atoms with Crippen molar-refractivity contribution in [1.29, 1.82) is 0 Å². The molecule has 0 bridgehead atoms. The molecule has 1 aliphatic heterocycles. The van der Waals surface area contributed by atoms with E-state index < -0.39 is 0 Å². The highest BCUT2D eigenvalue weighted by Gasteiger charge is 2.22. The molecule has 1 fully saturated rings. The third-order valence-electron chi connectivity index (χ3n) is 4.93. The molecule has 1 saturated heterocycles. The SMILES string of the molecule is ON1CCCC(CCC2CCc3ccccc3C2)C1. The Morgan fingerprint density at radius 3 is 2.68 bits per heavy atom. The van der Waals surface area contributed by atoms with E-state index in [0.29, 0.717) is 0 Å². The van der Waals surface area contributed by atoms with Gasteiger partial charge in [-0.25, -0.2) is 0 Å². The van der Waals surface area contributed by atoms with Crippen molar-refractivity contribution < 1.29 is 5.21 Å². The first-order valence-electron chi connectivity index (χ1n) is 7.82. The zero-order chi connectivity index (χ0) is 13.1. The van der Waals surface area contributed by atoms with Crippen LogP contribution in [0.5, 0.6) is 0 Å². The molecule has 2 aliphatic rings. The maximum absolute atomic E-state index is 9.58. The van der Waals surface area contributed by atoms with Crippen molar-refractivity contribution in [3.63, 3.8) is 0 Å². The second-order valence-electron chi connectivity index (χ2n) is 6.38. The van der Waals surface area contributed by atoms with Crippen molar-refractivity contribution in [3.05, 3.63) is 35.4 Å². The zero-order valence-electron chi connectivity index (χ0n) is 11.7. The lowest BCUT2D eigenvalue weighted by Gasteiger charge is -2.30. The molecule has 3 rings (SSSR count). The molecule has 104 valence electrons. The van der Waals surface area contributed by atoms with Gasteiger partial charge < -0.3 is 5.21 Å². The topological polar surface area (TPSA) is 23.5 Å². The number of benzene rings is 1. The summed E-state index contributed by atoms with van der Waals surface area (Å²) >= 11 is 0. The molecule has 0 amide bonds. The molecule has 0 aromatic heterocycles.